The van der Waals surface area contributed by atoms with Crippen molar-refractivity contribution < 1.29 is 14.3 Å². The number of ether oxygens (including phenoxy) is 1. The Morgan fingerprint density at radius 1 is 1.13 bits per heavy atom. The van der Waals surface area contributed by atoms with Crippen molar-refractivity contribution in [1.82, 2.24) is 9.91 Å². The number of hydrazone groups is 1. The molecule has 1 saturated heterocycles. The largest absolute Gasteiger partial charge is 0.379 e. The Balaban J connectivity index is 0.00000272. The maximum Gasteiger partial charge on any atom is 0.243 e. The molecule has 0 saturated carbocycles. The predicted molar refractivity (Wildman–Crippen MR) is 124 cm³/mol. The molecule has 7 nitrogen and oxygen atoms in total. The Kier molecular flexibility index (Phi) is 7.08. The number of benzene rings is 1. The van der Waals surface area contributed by atoms with E-state index in [-0.39, 0.29) is 35.6 Å². The quantitative estimate of drug-likeness (QED) is 0.710. The third-order valence-corrected chi connectivity index (χ3v) is 6.55. The molecule has 3 aliphatic heterocycles. The van der Waals surface area contributed by atoms with E-state index in [1.54, 1.807) is 9.91 Å². The lowest BCUT2D eigenvalue weighted by molar-refractivity contribution is -0.132. The summed E-state index contributed by atoms with van der Waals surface area (Å²) in [7, 11) is 1.84. The van der Waals surface area contributed by atoms with E-state index in [4.69, 9.17) is 9.84 Å². The van der Waals surface area contributed by atoms with Gasteiger partial charge >= 0.3 is 0 Å². The van der Waals surface area contributed by atoms with Gasteiger partial charge in [-0.05, 0) is 23.3 Å². The third-order valence-electron chi connectivity index (χ3n) is 6.55. The van der Waals surface area contributed by atoms with Crippen molar-refractivity contribution in [3.05, 3.63) is 29.3 Å². The van der Waals surface area contributed by atoms with Gasteiger partial charge in [0.2, 0.25) is 11.8 Å². The average molecular weight is 449 g/mol. The molecule has 0 spiro atoms. The average Bonchev–Trinajstić information content (AvgIpc) is 2.72. The summed E-state index contributed by atoms with van der Waals surface area (Å²) in [6, 6.07) is 6.23. The van der Waals surface area contributed by atoms with Crippen LogP contribution in [0.15, 0.2) is 23.3 Å². The van der Waals surface area contributed by atoms with Gasteiger partial charge in [-0.2, -0.15) is 5.10 Å². The van der Waals surface area contributed by atoms with E-state index in [0.29, 0.717) is 19.4 Å². The normalized spacial score (nSPS) is 23.9. The molecule has 3 heterocycles. The second kappa shape index (κ2) is 9.27. The van der Waals surface area contributed by atoms with E-state index in [1.165, 1.54) is 0 Å². The van der Waals surface area contributed by atoms with E-state index in [0.717, 1.165) is 55.4 Å². The summed E-state index contributed by atoms with van der Waals surface area (Å²) in [6.45, 7) is 11.0. The van der Waals surface area contributed by atoms with Crippen LogP contribution >= 0.6 is 12.4 Å². The number of amides is 2. The lowest BCUT2D eigenvalue weighted by Crippen LogP contribution is -2.44. The molecule has 4 rings (SSSR count). The fourth-order valence-corrected chi connectivity index (χ4v) is 4.58. The fourth-order valence-electron chi connectivity index (χ4n) is 4.58. The number of carbonyl (C=O) groups is 2. The van der Waals surface area contributed by atoms with Crippen molar-refractivity contribution >= 4 is 35.6 Å². The van der Waals surface area contributed by atoms with Crippen LogP contribution in [-0.4, -0.2) is 73.9 Å². The number of morpholine rings is 1. The first kappa shape index (κ1) is 23.7. The summed E-state index contributed by atoms with van der Waals surface area (Å²) in [5.74, 6) is 0.299. The highest BCUT2D eigenvalue weighted by Crippen LogP contribution is 2.40. The highest BCUT2D eigenvalue weighted by atomic mass is 35.5. The maximum atomic E-state index is 12.6. The van der Waals surface area contributed by atoms with E-state index in [2.05, 4.69) is 31.7 Å². The van der Waals surface area contributed by atoms with E-state index >= 15 is 0 Å². The molecule has 1 aromatic rings. The molecule has 31 heavy (non-hydrogen) atoms. The maximum absolute atomic E-state index is 12.6. The Morgan fingerprint density at radius 2 is 1.84 bits per heavy atom. The number of carbonyl (C=O) groups excluding carboxylic acids is 2. The van der Waals surface area contributed by atoms with E-state index in [1.807, 2.05) is 19.2 Å². The van der Waals surface area contributed by atoms with Crippen LogP contribution in [0.5, 0.6) is 0 Å². The molecule has 1 fully saturated rings. The molecule has 2 amide bonds. The number of hydrogen-bond donors (Lipinski definition) is 0. The van der Waals surface area contributed by atoms with Gasteiger partial charge in [-0.15, -0.1) is 12.4 Å². The number of rotatable bonds is 4. The molecule has 8 heteroatoms. The minimum absolute atomic E-state index is 0. The van der Waals surface area contributed by atoms with Crippen LogP contribution in [-0.2, 0) is 19.7 Å². The lowest BCUT2D eigenvalue weighted by Gasteiger charge is -2.37. The second-order valence-corrected chi connectivity index (χ2v) is 9.31. The third kappa shape index (κ3) is 4.78. The topological polar surface area (TPSA) is 65.5 Å². The van der Waals surface area contributed by atoms with Crippen molar-refractivity contribution in [1.29, 1.82) is 0 Å². The molecule has 1 unspecified atom stereocenters. The number of nitrogens with zero attached hydrogens (tertiary/aromatic N) is 4. The van der Waals surface area contributed by atoms with Crippen LogP contribution in [0.3, 0.4) is 0 Å². The molecule has 0 aliphatic carbocycles. The summed E-state index contributed by atoms with van der Waals surface area (Å²) in [5.41, 5.74) is 3.90. The Morgan fingerprint density at radius 3 is 2.55 bits per heavy atom. The number of hydrogen-bond acceptors (Lipinski definition) is 5. The SMILES string of the molecule is CC1CC(=O)N(CCN2CCOCC2)N=C1c1ccc2c(c1)C(C)(C)CC(=O)N2C.Cl. The summed E-state index contributed by atoms with van der Waals surface area (Å²) < 4.78 is 5.40. The monoisotopic (exact) mass is 448 g/mol. The molecule has 1 atom stereocenters. The highest BCUT2D eigenvalue weighted by Gasteiger charge is 2.36. The highest BCUT2D eigenvalue weighted by molar-refractivity contribution is 6.07. The molecule has 170 valence electrons. The zero-order valence-corrected chi connectivity index (χ0v) is 19.7. The van der Waals surface area contributed by atoms with E-state index in [9.17, 15) is 9.59 Å². The van der Waals surface area contributed by atoms with Gasteiger partial charge in [0, 0.05) is 56.5 Å². The Labute approximate surface area is 190 Å². The summed E-state index contributed by atoms with van der Waals surface area (Å²) in [4.78, 5) is 29.0. The van der Waals surface area contributed by atoms with Crippen LogP contribution in [0, 0.1) is 5.92 Å². The lowest BCUT2D eigenvalue weighted by atomic mass is 9.76. The molecule has 0 bridgehead atoms. The van der Waals surface area contributed by atoms with Gasteiger partial charge in [0.1, 0.15) is 0 Å². The standard InChI is InChI=1S/C23H32N4O3.ClH/c1-16-13-20(28)27(8-7-26-9-11-30-12-10-26)24-22(16)17-5-6-19-18(14-17)23(2,3)15-21(29)25(19)4;/h5-6,14,16H,7-13,15H2,1-4H3;1H. The van der Waals surface area contributed by atoms with Gasteiger partial charge < -0.3 is 9.64 Å². The molecular weight excluding hydrogens is 416 g/mol. The van der Waals surface area contributed by atoms with Crippen LogP contribution < -0.4 is 4.90 Å². The van der Waals surface area contributed by atoms with Gasteiger partial charge in [-0.25, -0.2) is 5.01 Å². The number of fused-ring (bicyclic) bond motifs is 1. The first-order valence-corrected chi connectivity index (χ1v) is 10.9. The molecule has 0 N–H and O–H groups in total. The number of anilines is 1. The van der Waals surface area contributed by atoms with Crippen LogP contribution in [0.25, 0.3) is 0 Å². The van der Waals surface area contributed by atoms with Crippen LogP contribution in [0.2, 0.25) is 0 Å². The Hall–Kier alpha value is -1.96. The minimum atomic E-state index is -0.223. The molecule has 0 aromatic heterocycles. The summed E-state index contributed by atoms with van der Waals surface area (Å²) >= 11 is 0. The van der Waals surface area contributed by atoms with Gasteiger partial charge in [-0.3, -0.25) is 14.5 Å². The first-order chi connectivity index (χ1) is 14.3. The van der Waals surface area contributed by atoms with Crippen LogP contribution in [0.1, 0.15) is 44.7 Å². The minimum Gasteiger partial charge on any atom is -0.379 e. The van der Waals surface area contributed by atoms with Gasteiger partial charge in [-0.1, -0.05) is 26.8 Å². The van der Waals surface area contributed by atoms with Crippen molar-refractivity contribution in [3.63, 3.8) is 0 Å². The molecule has 1 aromatic carbocycles. The van der Waals surface area contributed by atoms with Gasteiger partial charge in [0.25, 0.3) is 0 Å². The van der Waals surface area contributed by atoms with Crippen LogP contribution in [0.4, 0.5) is 5.69 Å². The first-order valence-electron chi connectivity index (χ1n) is 10.9. The summed E-state index contributed by atoms with van der Waals surface area (Å²) in [5, 5.41) is 6.44. The van der Waals surface area contributed by atoms with Crippen molar-refractivity contribution in [3.8, 4) is 0 Å². The van der Waals surface area contributed by atoms with E-state index < -0.39 is 0 Å². The van der Waals surface area contributed by atoms with Crippen molar-refractivity contribution in [2.45, 2.75) is 39.0 Å². The van der Waals surface area contributed by atoms with Crippen molar-refractivity contribution in [2.24, 2.45) is 11.0 Å². The zero-order chi connectivity index (χ0) is 21.5. The molecule has 3 aliphatic rings. The zero-order valence-electron chi connectivity index (χ0n) is 18.9. The van der Waals surface area contributed by atoms with Gasteiger partial charge in [0.05, 0.1) is 25.5 Å². The van der Waals surface area contributed by atoms with Crippen molar-refractivity contribution in [2.75, 3.05) is 51.3 Å². The smallest absolute Gasteiger partial charge is 0.243 e. The molecular formula is C23H33ClN4O3. The van der Waals surface area contributed by atoms with Gasteiger partial charge in [0.15, 0.2) is 0 Å². The molecule has 0 radical (unpaired) electrons. The predicted octanol–water partition coefficient (Wildman–Crippen LogP) is 2.66. The summed E-state index contributed by atoms with van der Waals surface area (Å²) in [6.07, 6.45) is 0.965. The number of halogens is 1. The fraction of sp³-hybridized carbons (Fsp3) is 0.609. The second-order valence-electron chi connectivity index (χ2n) is 9.31. The Bertz CT molecular complexity index is 880.